The van der Waals surface area contributed by atoms with Crippen LogP contribution in [0.4, 0.5) is 18.0 Å². The number of carbonyl (C=O) groups excluding carboxylic acids is 2. The van der Waals surface area contributed by atoms with Crippen molar-refractivity contribution in [1.82, 2.24) is 15.1 Å². The highest BCUT2D eigenvalue weighted by atomic mass is 19.4. The molecule has 0 saturated carbocycles. The third-order valence-electron chi connectivity index (χ3n) is 5.07. The molecule has 1 fully saturated rings. The van der Waals surface area contributed by atoms with Gasteiger partial charge in [0.15, 0.2) is 0 Å². The predicted octanol–water partition coefficient (Wildman–Crippen LogP) is 3.51. The number of rotatable bonds is 6. The number of nitrogens with zero attached hydrogens (tertiary/aromatic N) is 2. The van der Waals surface area contributed by atoms with E-state index in [-0.39, 0.29) is 18.4 Å². The number of nitrogens with one attached hydrogen (secondary N) is 1. The van der Waals surface area contributed by atoms with Gasteiger partial charge in [0, 0.05) is 32.7 Å². The van der Waals surface area contributed by atoms with Crippen LogP contribution in [0.5, 0.6) is 0 Å². The molecular formula is C21H30F3N3O3. The van der Waals surface area contributed by atoms with E-state index < -0.39 is 23.9 Å². The minimum atomic E-state index is -4.34. The summed E-state index contributed by atoms with van der Waals surface area (Å²) in [4.78, 5) is 28.6. The summed E-state index contributed by atoms with van der Waals surface area (Å²) in [7, 11) is 0. The quantitative estimate of drug-likeness (QED) is 0.752. The molecule has 1 aliphatic rings. The van der Waals surface area contributed by atoms with Gasteiger partial charge in [0.2, 0.25) is 5.91 Å². The Labute approximate surface area is 175 Å². The van der Waals surface area contributed by atoms with Crippen LogP contribution in [-0.4, -0.2) is 60.6 Å². The molecule has 0 bridgehead atoms. The lowest BCUT2D eigenvalue weighted by Gasteiger charge is -2.28. The second kappa shape index (κ2) is 10.7. The van der Waals surface area contributed by atoms with Crippen LogP contribution < -0.4 is 5.32 Å². The Morgan fingerprint density at radius 1 is 1.10 bits per heavy atom. The van der Waals surface area contributed by atoms with E-state index in [1.807, 2.05) is 13.8 Å². The number of alkyl halides is 3. The van der Waals surface area contributed by atoms with Crippen LogP contribution in [-0.2, 0) is 22.3 Å². The first-order chi connectivity index (χ1) is 14.1. The zero-order valence-electron chi connectivity index (χ0n) is 17.7. The lowest BCUT2D eigenvalue weighted by Crippen LogP contribution is -2.52. The highest BCUT2D eigenvalue weighted by molar-refractivity contribution is 5.86. The molecule has 1 heterocycles. The summed E-state index contributed by atoms with van der Waals surface area (Å²) in [6.45, 7) is 8.59. The fraction of sp³-hybridized carbons (Fsp3) is 0.619. The van der Waals surface area contributed by atoms with Gasteiger partial charge in [0.25, 0.3) is 0 Å². The number of alkyl carbamates (subject to hydrolysis) is 1. The number of halogens is 3. The number of ether oxygens (including phenoxy) is 1. The zero-order chi connectivity index (χ0) is 22.3. The molecule has 30 heavy (non-hydrogen) atoms. The molecule has 1 atom stereocenters. The van der Waals surface area contributed by atoms with E-state index in [1.54, 1.807) is 11.8 Å². The maximum atomic E-state index is 13.0. The Kier molecular flexibility index (Phi) is 8.52. The molecule has 2 rings (SSSR count). The fourth-order valence-corrected chi connectivity index (χ4v) is 3.42. The van der Waals surface area contributed by atoms with E-state index >= 15 is 0 Å². The summed E-state index contributed by atoms with van der Waals surface area (Å²) < 4.78 is 43.0. The molecule has 2 amide bonds. The van der Waals surface area contributed by atoms with Crippen molar-refractivity contribution in [2.45, 2.75) is 46.0 Å². The van der Waals surface area contributed by atoms with Crippen LogP contribution >= 0.6 is 0 Å². The van der Waals surface area contributed by atoms with Gasteiger partial charge in [-0.1, -0.05) is 26.0 Å². The van der Waals surface area contributed by atoms with Gasteiger partial charge in [-0.15, -0.1) is 0 Å². The van der Waals surface area contributed by atoms with Gasteiger partial charge in [-0.2, -0.15) is 13.2 Å². The molecule has 168 valence electrons. The summed E-state index contributed by atoms with van der Waals surface area (Å²) in [5, 5.41) is 2.65. The molecule has 9 heteroatoms. The lowest BCUT2D eigenvalue weighted by molar-refractivity contribution is -0.137. The normalized spacial score (nSPS) is 16.8. The average molecular weight is 429 g/mol. The first kappa shape index (κ1) is 24.0. The Hall–Kier alpha value is -2.29. The van der Waals surface area contributed by atoms with E-state index in [0.29, 0.717) is 26.2 Å². The minimum Gasteiger partial charge on any atom is -0.450 e. The van der Waals surface area contributed by atoms with Crippen molar-refractivity contribution in [3.8, 4) is 0 Å². The molecule has 0 spiro atoms. The molecule has 0 aromatic heterocycles. The predicted molar refractivity (Wildman–Crippen MR) is 107 cm³/mol. The molecule has 6 nitrogen and oxygen atoms in total. The van der Waals surface area contributed by atoms with Crippen LogP contribution in [0.25, 0.3) is 0 Å². The molecule has 1 N–H and O–H groups in total. The van der Waals surface area contributed by atoms with Gasteiger partial charge in [-0.3, -0.25) is 9.69 Å². The number of carbonyl (C=O) groups is 2. The van der Waals surface area contributed by atoms with Gasteiger partial charge in [-0.25, -0.2) is 4.79 Å². The molecule has 1 saturated heterocycles. The van der Waals surface area contributed by atoms with Crippen molar-refractivity contribution in [3.05, 3.63) is 35.4 Å². The second-order valence-corrected chi connectivity index (χ2v) is 7.74. The van der Waals surface area contributed by atoms with Gasteiger partial charge in [0.05, 0.1) is 12.2 Å². The smallest absolute Gasteiger partial charge is 0.416 e. The summed E-state index contributed by atoms with van der Waals surface area (Å²) >= 11 is 0. The van der Waals surface area contributed by atoms with Gasteiger partial charge in [-0.05, 0) is 37.0 Å². The number of hydrogen-bond acceptors (Lipinski definition) is 4. The molecule has 0 aliphatic carbocycles. The molecular weight excluding hydrogens is 399 g/mol. The minimum absolute atomic E-state index is 0.0894. The van der Waals surface area contributed by atoms with E-state index in [1.165, 1.54) is 12.1 Å². The Morgan fingerprint density at radius 3 is 2.33 bits per heavy atom. The van der Waals surface area contributed by atoms with E-state index in [0.717, 1.165) is 30.7 Å². The highest BCUT2D eigenvalue weighted by Crippen LogP contribution is 2.29. The van der Waals surface area contributed by atoms with Crippen molar-refractivity contribution in [1.29, 1.82) is 0 Å². The van der Waals surface area contributed by atoms with Crippen LogP contribution in [0, 0.1) is 5.92 Å². The topological polar surface area (TPSA) is 61.9 Å². The van der Waals surface area contributed by atoms with Crippen molar-refractivity contribution >= 4 is 12.0 Å². The Balaban J connectivity index is 1.94. The van der Waals surface area contributed by atoms with E-state index in [9.17, 15) is 22.8 Å². The molecule has 1 unspecified atom stereocenters. The number of benzene rings is 1. The maximum Gasteiger partial charge on any atom is 0.416 e. The SMILES string of the molecule is CCOC(=O)NC(C(=O)N1CCCN(Cc2ccc(C(F)(F)F)cc2)CC1)C(C)C. The van der Waals surface area contributed by atoms with Crippen LogP contribution in [0.2, 0.25) is 0 Å². The summed E-state index contributed by atoms with van der Waals surface area (Å²) in [5.41, 5.74) is 0.138. The maximum absolute atomic E-state index is 13.0. The fourth-order valence-electron chi connectivity index (χ4n) is 3.42. The zero-order valence-corrected chi connectivity index (χ0v) is 17.7. The highest BCUT2D eigenvalue weighted by Gasteiger charge is 2.31. The van der Waals surface area contributed by atoms with Crippen LogP contribution in [0.3, 0.4) is 0 Å². The van der Waals surface area contributed by atoms with E-state index in [2.05, 4.69) is 10.2 Å². The third kappa shape index (κ3) is 6.90. The van der Waals surface area contributed by atoms with Crippen molar-refractivity contribution in [2.75, 3.05) is 32.8 Å². The Bertz CT molecular complexity index is 708. The average Bonchev–Trinajstić information content (AvgIpc) is 2.91. The summed E-state index contributed by atoms with van der Waals surface area (Å²) in [6, 6.07) is 4.52. The standard InChI is InChI=1S/C21H30F3N3O3/c1-4-30-20(29)25-18(15(2)3)19(28)27-11-5-10-26(12-13-27)14-16-6-8-17(9-7-16)21(22,23)24/h6-9,15,18H,4-5,10-14H2,1-3H3,(H,25,29). The second-order valence-electron chi connectivity index (χ2n) is 7.74. The molecule has 1 aromatic rings. The van der Waals surface area contributed by atoms with Gasteiger partial charge >= 0.3 is 12.3 Å². The number of amides is 2. The number of hydrogen-bond donors (Lipinski definition) is 1. The van der Waals surface area contributed by atoms with Gasteiger partial charge < -0.3 is 15.0 Å². The van der Waals surface area contributed by atoms with Crippen molar-refractivity contribution < 1.29 is 27.5 Å². The van der Waals surface area contributed by atoms with Crippen LogP contribution in [0.1, 0.15) is 38.3 Å². The summed E-state index contributed by atoms with van der Waals surface area (Å²) in [5.74, 6) is -0.233. The summed E-state index contributed by atoms with van der Waals surface area (Å²) in [6.07, 6.45) is -4.20. The molecule has 1 aliphatic heterocycles. The molecule has 0 radical (unpaired) electrons. The van der Waals surface area contributed by atoms with Crippen LogP contribution in [0.15, 0.2) is 24.3 Å². The van der Waals surface area contributed by atoms with Crippen molar-refractivity contribution in [2.24, 2.45) is 5.92 Å². The molecule has 1 aromatic carbocycles. The largest absolute Gasteiger partial charge is 0.450 e. The first-order valence-corrected chi connectivity index (χ1v) is 10.2. The Morgan fingerprint density at radius 2 is 1.77 bits per heavy atom. The lowest BCUT2D eigenvalue weighted by atomic mass is 10.0. The first-order valence-electron chi connectivity index (χ1n) is 10.2. The third-order valence-corrected chi connectivity index (χ3v) is 5.07. The monoisotopic (exact) mass is 429 g/mol. The van der Waals surface area contributed by atoms with Gasteiger partial charge in [0.1, 0.15) is 6.04 Å². The van der Waals surface area contributed by atoms with E-state index in [4.69, 9.17) is 4.74 Å². The van der Waals surface area contributed by atoms with Crippen molar-refractivity contribution in [3.63, 3.8) is 0 Å².